The quantitative estimate of drug-likeness (QED) is 0.774. The third kappa shape index (κ3) is 2.02. The maximum absolute atomic E-state index is 12.3. The number of ketones is 2. The van der Waals surface area contributed by atoms with E-state index in [2.05, 4.69) is 13.8 Å². The van der Waals surface area contributed by atoms with Gasteiger partial charge in [-0.25, -0.2) is 0 Å². The molecule has 3 saturated carbocycles. The summed E-state index contributed by atoms with van der Waals surface area (Å²) in [7, 11) is 0. The van der Waals surface area contributed by atoms with Crippen molar-refractivity contribution in [3.8, 4) is 0 Å². The lowest BCUT2D eigenvalue weighted by Gasteiger charge is -2.59. The molecule has 6 atom stereocenters. The zero-order valence-electron chi connectivity index (χ0n) is 16.2. The van der Waals surface area contributed by atoms with Gasteiger partial charge >= 0.3 is 0 Å². The lowest BCUT2D eigenvalue weighted by Crippen LogP contribution is -2.57. The first-order valence-corrected chi connectivity index (χ1v) is 10.1. The van der Waals surface area contributed by atoms with Crippen molar-refractivity contribution in [2.75, 3.05) is 0 Å². The highest BCUT2D eigenvalue weighted by Crippen LogP contribution is 2.67. The van der Waals surface area contributed by atoms with Gasteiger partial charge in [0, 0.05) is 11.8 Å². The third-order valence-corrected chi connectivity index (χ3v) is 9.15. The molecule has 3 heteroatoms. The zero-order chi connectivity index (χ0) is 18.2. The molecule has 3 nitrogen and oxygen atoms in total. The summed E-state index contributed by atoms with van der Waals surface area (Å²) in [5.41, 5.74) is 1.22. The van der Waals surface area contributed by atoms with Crippen LogP contribution in [-0.4, -0.2) is 22.3 Å². The molecule has 138 valence electrons. The molecule has 0 unspecified atom stereocenters. The van der Waals surface area contributed by atoms with Crippen LogP contribution < -0.4 is 0 Å². The van der Waals surface area contributed by atoms with Crippen molar-refractivity contribution in [2.45, 2.75) is 84.7 Å². The number of hydrogen-bond donors (Lipinski definition) is 1. The van der Waals surface area contributed by atoms with Crippen LogP contribution in [0.15, 0.2) is 11.1 Å². The predicted octanol–water partition coefficient (Wildman–Crippen LogP) is 4.23. The van der Waals surface area contributed by atoms with Crippen LogP contribution in [0.4, 0.5) is 0 Å². The normalized spacial score (nSPS) is 49.5. The van der Waals surface area contributed by atoms with Gasteiger partial charge in [0.1, 0.15) is 5.60 Å². The lowest BCUT2D eigenvalue weighted by molar-refractivity contribution is -0.160. The number of carbonyl (C=O) groups excluding carboxylic acids is 2. The highest BCUT2D eigenvalue weighted by molar-refractivity contribution is 5.96. The SMILES string of the molecule is CC(=O)[C@@]1(O)CC[C@H]2[C@@H]3CCC4=C(C)C(=O)CC[C@]4(C)[C@H]3CC[C@@]21C. The van der Waals surface area contributed by atoms with Crippen molar-refractivity contribution in [1.29, 1.82) is 0 Å². The van der Waals surface area contributed by atoms with E-state index in [4.69, 9.17) is 0 Å². The first-order valence-electron chi connectivity index (χ1n) is 10.1. The maximum atomic E-state index is 12.3. The van der Waals surface area contributed by atoms with E-state index in [9.17, 15) is 14.7 Å². The average Bonchev–Trinajstić information content (AvgIpc) is 2.84. The van der Waals surface area contributed by atoms with Gasteiger partial charge in [0.05, 0.1) is 0 Å². The van der Waals surface area contributed by atoms with Crippen molar-refractivity contribution in [1.82, 2.24) is 0 Å². The number of aliphatic hydroxyl groups is 1. The van der Waals surface area contributed by atoms with Crippen LogP contribution in [-0.2, 0) is 9.59 Å². The molecule has 4 aliphatic carbocycles. The summed E-state index contributed by atoms with van der Waals surface area (Å²) in [6.07, 6.45) is 7.44. The van der Waals surface area contributed by atoms with E-state index in [1.54, 1.807) is 6.92 Å². The van der Waals surface area contributed by atoms with Gasteiger partial charge in [-0.15, -0.1) is 0 Å². The van der Waals surface area contributed by atoms with E-state index in [0.717, 1.165) is 44.1 Å². The molecule has 25 heavy (non-hydrogen) atoms. The van der Waals surface area contributed by atoms with Crippen molar-refractivity contribution in [3.63, 3.8) is 0 Å². The highest BCUT2D eigenvalue weighted by atomic mass is 16.3. The predicted molar refractivity (Wildman–Crippen MR) is 97.0 cm³/mol. The molecule has 0 aromatic heterocycles. The Hall–Kier alpha value is -0.960. The van der Waals surface area contributed by atoms with Crippen LogP contribution in [0, 0.1) is 28.6 Å². The highest BCUT2D eigenvalue weighted by Gasteiger charge is 2.65. The van der Waals surface area contributed by atoms with E-state index >= 15 is 0 Å². The smallest absolute Gasteiger partial charge is 0.161 e. The Labute approximate surface area is 151 Å². The van der Waals surface area contributed by atoms with Gasteiger partial charge < -0.3 is 5.11 Å². The summed E-state index contributed by atoms with van der Waals surface area (Å²) >= 11 is 0. The second-order valence-corrected chi connectivity index (χ2v) is 9.77. The second-order valence-electron chi connectivity index (χ2n) is 9.77. The second kappa shape index (κ2) is 5.28. The number of rotatable bonds is 1. The molecule has 0 amide bonds. The Morgan fingerprint density at radius 2 is 1.72 bits per heavy atom. The van der Waals surface area contributed by atoms with Crippen LogP contribution in [0.5, 0.6) is 0 Å². The topological polar surface area (TPSA) is 54.4 Å². The maximum Gasteiger partial charge on any atom is 0.161 e. The molecule has 0 aromatic rings. The first-order chi connectivity index (χ1) is 11.6. The fraction of sp³-hybridized carbons (Fsp3) is 0.818. The standard InChI is InChI=1S/C22H32O3/c1-13-16-6-5-15-17(20(16,3)10-9-19(13)24)7-11-21(4)18(15)8-12-22(21,25)14(2)23/h15,17-18,25H,5-12H2,1-4H3/t15-,17+,18+,20+,21+,22+/m1/s1. The number of hydrogen-bond acceptors (Lipinski definition) is 3. The Morgan fingerprint density at radius 1 is 1.04 bits per heavy atom. The Balaban J connectivity index is 1.72. The summed E-state index contributed by atoms with van der Waals surface area (Å²) < 4.78 is 0. The molecule has 0 aliphatic heterocycles. The van der Waals surface area contributed by atoms with Gasteiger partial charge in [-0.2, -0.15) is 0 Å². The fourth-order valence-electron chi connectivity index (χ4n) is 7.58. The first kappa shape index (κ1) is 17.5. The lowest BCUT2D eigenvalue weighted by atomic mass is 9.46. The number of Topliss-reactive ketones (excluding diaryl/α,β-unsaturated/α-hetero) is 2. The number of carbonyl (C=O) groups is 2. The molecular weight excluding hydrogens is 312 g/mol. The van der Waals surface area contributed by atoms with Crippen LogP contribution in [0.3, 0.4) is 0 Å². The molecule has 1 N–H and O–H groups in total. The van der Waals surface area contributed by atoms with E-state index in [0.29, 0.717) is 36.4 Å². The Morgan fingerprint density at radius 3 is 2.40 bits per heavy atom. The van der Waals surface area contributed by atoms with Gasteiger partial charge in [-0.05, 0) is 87.5 Å². The van der Waals surface area contributed by atoms with Crippen LogP contribution in [0.25, 0.3) is 0 Å². The summed E-state index contributed by atoms with van der Waals surface area (Å²) in [5, 5.41) is 11.2. The van der Waals surface area contributed by atoms with Gasteiger partial charge in [0.25, 0.3) is 0 Å². The van der Waals surface area contributed by atoms with E-state index in [1.807, 2.05) is 6.92 Å². The molecule has 0 saturated heterocycles. The van der Waals surface area contributed by atoms with Gasteiger partial charge in [-0.1, -0.05) is 19.4 Å². The summed E-state index contributed by atoms with van der Waals surface area (Å²) in [5.74, 6) is 1.93. The van der Waals surface area contributed by atoms with Gasteiger partial charge in [0.2, 0.25) is 0 Å². The molecule has 3 fully saturated rings. The molecule has 0 bridgehead atoms. The molecule has 0 radical (unpaired) electrons. The van der Waals surface area contributed by atoms with Crippen molar-refractivity contribution in [3.05, 3.63) is 11.1 Å². The van der Waals surface area contributed by atoms with Crippen LogP contribution >= 0.6 is 0 Å². The zero-order valence-corrected chi connectivity index (χ0v) is 16.2. The Bertz CT molecular complexity index is 677. The third-order valence-electron chi connectivity index (χ3n) is 9.15. The van der Waals surface area contributed by atoms with E-state index < -0.39 is 5.60 Å². The van der Waals surface area contributed by atoms with Crippen molar-refractivity contribution >= 4 is 11.6 Å². The fourth-order valence-corrected chi connectivity index (χ4v) is 7.58. The van der Waals surface area contributed by atoms with E-state index in [-0.39, 0.29) is 16.6 Å². The minimum Gasteiger partial charge on any atom is -0.382 e. The number of allylic oxidation sites excluding steroid dienone is 1. The molecule has 0 aromatic carbocycles. The molecular formula is C22H32O3. The van der Waals surface area contributed by atoms with Crippen molar-refractivity contribution in [2.24, 2.45) is 28.6 Å². The van der Waals surface area contributed by atoms with Crippen LogP contribution in [0.2, 0.25) is 0 Å². The minimum absolute atomic E-state index is 0.0438. The molecule has 4 rings (SSSR count). The summed E-state index contributed by atoms with van der Waals surface area (Å²) in [4.78, 5) is 24.5. The Kier molecular flexibility index (Phi) is 3.69. The van der Waals surface area contributed by atoms with Crippen molar-refractivity contribution < 1.29 is 14.7 Å². The summed E-state index contributed by atoms with van der Waals surface area (Å²) in [6.45, 7) is 8.17. The molecule has 4 aliphatic rings. The van der Waals surface area contributed by atoms with Gasteiger partial charge in [-0.3, -0.25) is 9.59 Å². The summed E-state index contributed by atoms with van der Waals surface area (Å²) in [6, 6.07) is 0. The monoisotopic (exact) mass is 344 g/mol. The minimum atomic E-state index is -1.13. The average molecular weight is 344 g/mol. The van der Waals surface area contributed by atoms with Crippen LogP contribution in [0.1, 0.15) is 79.1 Å². The number of fused-ring (bicyclic) bond motifs is 5. The molecule has 0 spiro atoms. The van der Waals surface area contributed by atoms with Gasteiger partial charge in [0.15, 0.2) is 11.6 Å². The largest absolute Gasteiger partial charge is 0.382 e. The molecule has 0 heterocycles. The van der Waals surface area contributed by atoms with E-state index in [1.165, 1.54) is 5.57 Å².